The number of halogens is 1. The second-order valence-electron chi connectivity index (χ2n) is 4.81. The number of benzene rings is 1. The van der Waals surface area contributed by atoms with Gasteiger partial charge in [-0.25, -0.2) is 0 Å². The van der Waals surface area contributed by atoms with E-state index in [1.807, 2.05) is 6.92 Å². The van der Waals surface area contributed by atoms with Crippen molar-refractivity contribution in [3.63, 3.8) is 0 Å². The number of nitrogens with one attached hydrogen (secondary N) is 1. The highest BCUT2D eigenvalue weighted by Gasteiger charge is 2.28. The molecule has 0 radical (unpaired) electrons. The van der Waals surface area contributed by atoms with E-state index in [-0.39, 0.29) is 12.7 Å². The fourth-order valence-electron chi connectivity index (χ4n) is 1.91. The van der Waals surface area contributed by atoms with Crippen LogP contribution in [-0.2, 0) is 4.79 Å². The van der Waals surface area contributed by atoms with Crippen molar-refractivity contribution in [2.24, 2.45) is 5.73 Å². The van der Waals surface area contributed by atoms with Gasteiger partial charge < -0.3 is 20.5 Å². The van der Waals surface area contributed by atoms with Crippen molar-refractivity contribution >= 4 is 23.2 Å². The maximum atomic E-state index is 12.1. The maximum Gasteiger partial charge on any atom is 0.244 e. The summed E-state index contributed by atoms with van der Waals surface area (Å²) >= 11 is 6.09. The molecule has 0 spiro atoms. The topological polar surface area (TPSA) is 73.6 Å². The van der Waals surface area contributed by atoms with E-state index in [4.69, 9.17) is 26.8 Å². The number of hydrogen-bond donors (Lipinski definition) is 2. The van der Waals surface area contributed by atoms with Gasteiger partial charge in [-0.05, 0) is 13.3 Å². The van der Waals surface area contributed by atoms with Crippen LogP contribution in [0.25, 0.3) is 0 Å². The van der Waals surface area contributed by atoms with Crippen LogP contribution in [0.1, 0.15) is 26.7 Å². The molecule has 0 aromatic heterocycles. The molecule has 0 saturated carbocycles. The third-order valence-electron chi connectivity index (χ3n) is 3.00. The smallest absolute Gasteiger partial charge is 0.244 e. The molecule has 1 aliphatic rings. The summed E-state index contributed by atoms with van der Waals surface area (Å²) in [5.41, 5.74) is 5.52. The minimum atomic E-state index is -0.922. The standard InChI is InChI=1S/C13H17ClN2O3/c1-3-4-13(2,15)12(17)16-9-6-11-10(5-8(9)14)18-7-19-11/h5-6H,3-4,7,15H2,1-2H3,(H,16,17). The summed E-state index contributed by atoms with van der Waals surface area (Å²) in [5, 5.41) is 3.13. The van der Waals surface area contributed by atoms with Crippen molar-refractivity contribution in [2.45, 2.75) is 32.2 Å². The molecule has 0 saturated heterocycles. The van der Waals surface area contributed by atoms with Crippen molar-refractivity contribution < 1.29 is 14.3 Å². The van der Waals surface area contributed by atoms with E-state index in [0.29, 0.717) is 28.6 Å². The van der Waals surface area contributed by atoms with Gasteiger partial charge >= 0.3 is 0 Å². The largest absolute Gasteiger partial charge is 0.454 e. The molecular weight excluding hydrogens is 268 g/mol. The lowest BCUT2D eigenvalue weighted by atomic mass is 9.96. The number of anilines is 1. The van der Waals surface area contributed by atoms with Gasteiger partial charge in [0.25, 0.3) is 0 Å². The summed E-state index contributed by atoms with van der Waals surface area (Å²) in [7, 11) is 0. The molecule has 0 fully saturated rings. The van der Waals surface area contributed by atoms with Gasteiger partial charge in [-0.3, -0.25) is 4.79 Å². The molecule has 1 aromatic carbocycles. The lowest BCUT2D eigenvalue weighted by Gasteiger charge is -2.23. The predicted molar refractivity (Wildman–Crippen MR) is 73.7 cm³/mol. The fourth-order valence-corrected chi connectivity index (χ4v) is 2.11. The Balaban J connectivity index is 2.18. The minimum absolute atomic E-state index is 0.160. The van der Waals surface area contributed by atoms with E-state index >= 15 is 0 Å². The number of ether oxygens (including phenoxy) is 2. The average molecular weight is 285 g/mol. The number of amides is 1. The Bertz CT molecular complexity index is 503. The van der Waals surface area contributed by atoms with Gasteiger partial charge in [0.15, 0.2) is 11.5 Å². The molecule has 2 rings (SSSR count). The van der Waals surface area contributed by atoms with Gasteiger partial charge in [0.1, 0.15) is 0 Å². The zero-order chi connectivity index (χ0) is 14.0. The van der Waals surface area contributed by atoms with Gasteiger partial charge in [-0.2, -0.15) is 0 Å². The first kappa shape index (κ1) is 14.0. The van der Waals surface area contributed by atoms with Crippen LogP contribution in [0.5, 0.6) is 11.5 Å². The molecule has 6 heteroatoms. The van der Waals surface area contributed by atoms with E-state index in [9.17, 15) is 4.79 Å². The van der Waals surface area contributed by atoms with Gasteiger partial charge in [0.2, 0.25) is 12.7 Å². The third kappa shape index (κ3) is 2.93. The Morgan fingerprint density at radius 1 is 1.47 bits per heavy atom. The van der Waals surface area contributed by atoms with Crippen LogP contribution in [0.15, 0.2) is 12.1 Å². The Kier molecular flexibility index (Phi) is 3.87. The first-order valence-corrected chi connectivity index (χ1v) is 6.51. The van der Waals surface area contributed by atoms with Gasteiger partial charge in [0.05, 0.1) is 16.2 Å². The second kappa shape index (κ2) is 5.27. The Hall–Kier alpha value is -1.46. The van der Waals surface area contributed by atoms with Crippen LogP contribution in [0, 0.1) is 0 Å². The maximum absolute atomic E-state index is 12.1. The number of fused-ring (bicyclic) bond motifs is 1. The highest BCUT2D eigenvalue weighted by molar-refractivity contribution is 6.34. The number of rotatable bonds is 4. The Labute approximate surface area is 117 Å². The molecule has 19 heavy (non-hydrogen) atoms. The highest BCUT2D eigenvalue weighted by atomic mass is 35.5. The first-order valence-electron chi connectivity index (χ1n) is 6.13. The van der Waals surface area contributed by atoms with Crippen molar-refractivity contribution in [3.8, 4) is 11.5 Å². The molecule has 0 bridgehead atoms. The molecule has 1 unspecified atom stereocenters. The van der Waals surface area contributed by atoms with Crippen LogP contribution in [0.4, 0.5) is 5.69 Å². The Morgan fingerprint density at radius 3 is 2.74 bits per heavy atom. The van der Waals surface area contributed by atoms with E-state index in [1.54, 1.807) is 19.1 Å². The Morgan fingerprint density at radius 2 is 2.11 bits per heavy atom. The van der Waals surface area contributed by atoms with Crippen molar-refractivity contribution in [1.29, 1.82) is 0 Å². The molecule has 1 amide bonds. The third-order valence-corrected chi connectivity index (χ3v) is 3.31. The summed E-state index contributed by atoms with van der Waals surface area (Å²) < 4.78 is 10.4. The number of carbonyl (C=O) groups excluding carboxylic acids is 1. The lowest BCUT2D eigenvalue weighted by Crippen LogP contribution is -2.48. The zero-order valence-corrected chi connectivity index (χ0v) is 11.7. The van der Waals surface area contributed by atoms with Crippen LogP contribution in [0.3, 0.4) is 0 Å². The minimum Gasteiger partial charge on any atom is -0.454 e. The van der Waals surface area contributed by atoms with Crippen molar-refractivity contribution in [3.05, 3.63) is 17.2 Å². The highest BCUT2D eigenvalue weighted by Crippen LogP contribution is 2.39. The molecular formula is C13H17ClN2O3. The second-order valence-corrected chi connectivity index (χ2v) is 5.21. The molecule has 1 heterocycles. The zero-order valence-electron chi connectivity index (χ0n) is 11.0. The number of carbonyl (C=O) groups is 1. The molecule has 1 aliphatic heterocycles. The van der Waals surface area contributed by atoms with E-state index in [1.165, 1.54) is 0 Å². The normalized spacial score (nSPS) is 16.0. The molecule has 1 aromatic rings. The van der Waals surface area contributed by atoms with Crippen molar-refractivity contribution in [1.82, 2.24) is 0 Å². The molecule has 5 nitrogen and oxygen atoms in total. The molecule has 3 N–H and O–H groups in total. The number of nitrogens with two attached hydrogens (primary N) is 1. The summed E-state index contributed by atoms with van der Waals surface area (Å²) in [5.74, 6) is 0.871. The van der Waals surface area contributed by atoms with Gasteiger partial charge in [-0.15, -0.1) is 0 Å². The average Bonchev–Trinajstić information content (AvgIpc) is 2.76. The first-order chi connectivity index (χ1) is 8.94. The summed E-state index contributed by atoms with van der Waals surface area (Å²) in [6, 6.07) is 3.26. The fraction of sp³-hybridized carbons (Fsp3) is 0.462. The summed E-state index contributed by atoms with van der Waals surface area (Å²) in [6.07, 6.45) is 1.43. The SMILES string of the molecule is CCCC(C)(N)C(=O)Nc1cc2c(cc1Cl)OCO2. The summed E-state index contributed by atoms with van der Waals surface area (Å²) in [6.45, 7) is 3.84. The lowest BCUT2D eigenvalue weighted by molar-refractivity contribution is -0.120. The van der Waals surface area contributed by atoms with Gasteiger partial charge in [0, 0.05) is 12.1 Å². The quantitative estimate of drug-likeness (QED) is 0.891. The molecule has 104 valence electrons. The van der Waals surface area contributed by atoms with Gasteiger partial charge in [-0.1, -0.05) is 24.9 Å². The van der Waals surface area contributed by atoms with Crippen molar-refractivity contribution in [2.75, 3.05) is 12.1 Å². The molecule has 1 atom stereocenters. The van der Waals surface area contributed by atoms with E-state index < -0.39 is 5.54 Å². The van der Waals surface area contributed by atoms with E-state index in [0.717, 1.165) is 6.42 Å². The van der Waals surface area contributed by atoms with Crippen LogP contribution >= 0.6 is 11.6 Å². The monoisotopic (exact) mass is 284 g/mol. The predicted octanol–water partition coefficient (Wildman–Crippen LogP) is 2.52. The molecule has 0 aliphatic carbocycles. The van der Waals surface area contributed by atoms with Crippen LogP contribution < -0.4 is 20.5 Å². The summed E-state index contributed by atoms with van der Waals surface area (Å²) in [4.78, 5) is 12.1. The van der Waals surface area contributed by atoms with Crippen LogP contribution in [-0.4, -0.2) is 18.2 Å². The number of hydrogen-bond acceptors (Lipinski definition) is 4. The van der Waals surface area contributed by atoms with E-state index in [2.05, 4.69) is 5.32 Å². The van der Waals surface area contributed by atoms with Crippen LogP contribution in [0.2, 0.25) is 5.02 Å².